The Balaban J connectivity index is 1.66. The molecule has 0 bridgehead atoms. The van der Waals surface area contributed by atoms with Crippen LogP contribution in [0.1, 0.15) is 56.0 Å². The molecule has 2 saturated carbocycles. The Morgan fingerprint density at radius 2 is 2.05 bits per heavy atom. The van der Waals surface area contributed by atoms with Gasteiger partial charge in [0.05, 0.1) is 12.7 Å². The van der Waals surface area contributed by atoms with Crippen molar-refractivity contribution in [1.82, 2.24) is 9.97 Å². The van der Waals surface area contributed by atoms with Crippen LogP contribution in [0.2, 0.25) is 0 Å². The quantitative estimate of drug-likeness (QED) is 0.845. The van der Waals surface area contributed by atoms with Gasteiger partial charge in [-0.25, -0.2) is 9.97 Å². The van der Waals surface area contributed by atoms with Gasteiger partial charge in [-0.15, -0.1) is 0 Å². The molecule has 0 aliphatic heterocycles. The summed E-state index contributed by atoms with van der Waals surface area (Å²) in [5.41, 5.74) is 1.31. The number of anilines is 1. The number of aromatic nitrogens is 2. The van der Waals surface area contributed by atoms with E-state index in [2.05, 4.69) is 21.4 Å². The van der Waals surface area contributed by atoms with Gasteiger partial charge in [0, 0.05) is 36.7 Å². The van der Waals surface area contributed by atoms with Crippen LogP contribution in [0.15, 0.2) is 6.07 Å². The smallest absolute Gasteiger partial charge is 0.129 e. The van der Waals surface area contributed by atoms with Crippen molar-refractivity contribution < 1.29 is 9.84 Å². The van der Waals surface area contributed by atoms with Crippen LogP contribution in [0.5, 0.6) is 0 Å². The van der Waals surface area contributed by atoms with Crippen molar-refractivity contribution in [3.05, 3.63) is 17.6 Å². The number of aliphatic hydroxyl groups excluding tert-OH is 1. The summed E-state index contributed by atoms with van der Waals surface area (Å²) < 4.78 is 5.44. The lowest BCUT2D eigenvalue weighted by atomic mass is 9.80. The molecule has 2 aliphatic rings. The topological polar surface area (TPSA) is 67.3 Å². The van der Waals surface area contributed by atoms with Crippen molar-refractivity contribution in [2.24, 2.45) is 5.41 Å². The van der Waals surface area contributed by atoms with Crippen molar-refractivity contribution in [2.45, 2.75) is 57.5 Å². The van der Waals surface area contributed by atoms with Crippen LogP contribution in [0, 0.1) is 12.3 Å². The summed E-state index contributed by atoms with van der Waals surface area (Å²) in [6, 6.07) is 2.05. The highest BCUT2D eigenvalue weighted by atomic mass is 16.5. The number of aliphatic hydroxyl groups is 1. The molecule has 0 amide bonds. The second-order valence-electron chi connectivity index (χ2n) is 7.04. The number of hydrogen-bond acceptors (Lipinski definition) is 5. The van der Waals surface area contributed by atoms with E-state index in [-0.39, 0.29) is 11.5 Å². The molecule has 1 aromatic heterocycles. The summed E-state index contributed by atoms with van der Waals surface area (Å²) in [5.74, 6) is 2.09. The molecule has 2 N–H and O–H groups in total. The summed E-state index contributed by atoms with van der Waals surface area (Å²) in [6.07, 6.45) is 6.52. The number of nitrogens with one attached hydrogen (secondary N) is 1. The fourth-order valence-electron chi connectivity index (χ4n) is 3.80. The molecular formula is C17H27N3O2. The monoisotopic (exact) mass is 305 g/mol. The highest BCUT2D eigenvalue weighted by Crippen LogP contribution is 2.39. The Morgan fingerprint density at radius 3 is 2.68 bits per heavy atom. The maximum Gasteiger partial charge on any atom is 0.129 e. The summed E-state index contributed by atoms with van der Waals surface area (Å²) >= 11 is 0. The van der Waals surface area contributed by atoms with Crippen LogP contribution in [0.4, 0.5) is 5.82 Å². The number of rotatable bonds is 6. The maximum absolute atomic E-state index is 9.49. The Hall–Kier alpha value is -1.20. The minimum atomic E-state index is -0.153. The lowest BCUT2D eigenvalue weighted by Gasteiger charge is -2.31. The molecule has 0 saturated heterocycles. The lowest BCUT2D eigenvalue weighted by molar-refractivity contribution is 0.0731. The third-order valence-corrected chi connectivity index (χ3v) is 5.15. The Morgan fingerprint density at radius 1 is 1.32 bits per heavy atom. The molecule has 0 atom stereocenters. The fraction of sp³-hybridized carbons (Fsp3) is 0.765. The van der Waals surface area contributed by atoms with Gasteiger partial charge in [0.1, 0.15) is 11.6 Å². The average Bonchev–Trinajstić information content (AvgIpc) is 2.91. The van der Waals surface area contributed by atoms with E-state index in [9.17, 15) is 5.11 Å². The van der Waals surface area contributed by atoms with Crippen LogP contribution in [-0.4, -0.2) is 41.4 Å². The first-order valence-corrected chi connectivity index (χ1v) is 8.37. The molecule has 2 fully saturated rings. The predicted molar refractivity (Wildman–Crippen MR) is 86.0 cm³/mol. The standard InChI is InChI=1S/C17H27N3O2/c1-12-19-15(13-7-14(21)8-13)9-16(20-12)18-10-17(11-22-2)5-3-4-6-17/h9,13-14,21H,3-8,10-11H2,1-2H3,(H,18,19,20). The molecule has 22 heavy (non-hydrogen) atoms. The maximum atomic E-state index is 9.49. The first kappa shape index (κ1) is 15.7. The molecule has 0 aromatic carbocycles. The summed E-state index contributed by atoms with van der Waals surface area (Å²) in [6.45, 7) is 3.65. The van der Waals surface area contributed by atoms with Gasteiger partial charge in [0.25, 0.3) is 0 Å². The highest BCUT2D eigenvalue weighted by Gasteiger charge is 2.34. The van der Waals surface area contributed by atoms with Crippen molar-refractivity contribution in [1.29, 1.82) is 0 Å². The zero-order valence-electron chi connectivity index (χ0n) is 13.6. The molecule has 0 radical (unpaired) electrons. The van der Waals surface area contributed by atoms with Gasteiger partial charge in [0.2, 0.25) is 0 Å². The van der Waals surface area contributed by atoms with Gasteiger partial charge >= 0.3 is 0 Å². The van der Waals surface area contributed by atoms with Gasteiger partial charge < -0.3 is 15.2 Å². The van der Waals surface area contributed by atoms with Crippen LogP contribution in [0.25, 0.3) is 0 Å². The van der Waals surface area contributed by atoms with Gasteiger partial charge in [0.15, 0.2) is 0 Å². The van der Waals surface area contributed by atoms with Crippen molar-refractivity contribution in [2.75, 3.05) is 25.6 Å². The van der Waals surface area contributed by atoms with E-state index in [1.807, 2.05) is 6.92 Å². The largest absolute Gasteiger partial charge is 0.393 e. The van der Waals surface area contributed by atoms with E-state index in [0.29, 0.717) is 5.92 Å². The van der Waals surface area contributed by atoms with E-state index in [4.69, 9.17) is 4.74 Å². The lowest BCUT2D eigenvalue weighted by Crippen LogP contribution is -2.32. The van der Waals surface area contributed by atoms with Crippen LogP contribution in [0.3, 0.4) is 0 Å². The number of nitrogens with zero attached hydrogens (tertiary/aromatic N) is 2. The van der Waals surface area contributed by atoms with E-state index in [0.717, 1.165) is 43.3 Å². The molecule has 2 aliphatic carbocycles. The molecule has 5 nitrogen and oxygen atoms in total. The van der Waals surface area contributed by atoms with Gasteiger partial charge in [-0.05, 0) is 32.6 Å². The van der Waals surface area contributed by atoms with E-state index < -0.39 is 0 Å². The summed E-state index contributed by atoms with van der Waals surface area (Å²) in [7, 11) is 1.79. The molecule has 122 valence electrons. The van der Waals surface area contributed by atoms with Crippen molar-refractivity contribution in [3.63, 3.8) is 0 Å². The fourth-order valence-corrected chi connectivity index (χ4v) is 3.80. The summed E-state index contributed by atoms with van der Waals surface area (Å²) in [4.78, 5) is 9.06. The number of methoxy groups -OCH3 is 1. The third kappa shape index (κ3) is 3.41. The number of aryl methyl sites for hydroxylation is 1. The molecule has 0 spiro atoms. The second kappa shape index (κ2) is 6.50. The predicted octanol–water partition coefficient (Wildman–Crippen LogP) is 2.64. The van der Waals surface area contributed by atoms with Crippen LogP contribution < -0.4 is 5.32 Å². The Bertz CT molecular complexity index is 509. The third-order valence-electron chi connectivity index (χ3n) is 5.15. The first-order chi connectivity index (χ1) is 10.6. The zero-order chi connectivity index (χ0) is 15.6. The minimum Gasteiger partial charge on any atom is -0.393 e. The Labute approximate surface area is 132 Å². The zero-order valence-corrected chi connectivity index (χ0v) is 13.6. The van der Waals surface area contributed by atoms with Crippen molar-refractivity contribution in [3.8, 4) is 0 Å². The van der Waals surface area contributed by atoms with Crippen LogP contribution >= 0.6 is 0 Å². The van der Waals surface area contributed by atoms with E-state index in [1.54, 1.807) is 7.11 Å². The normalized spacial score (nSPS) is 26.7. The molecule has 3 rings (SSSR count). The van der Waals surface area contributed by atoms with E-state index in [1.165, 1.54) is 25.7 Å². The average molecular weight is 305 g/mol. The molecular weight excluding hydrogens is 278 g/mol. The summed E-state index contributed by atoms with van der Waals surface area (Å²) in [5, 5.41) is 13.0. The first-order valence-electron chi connectivity index (χ1n) is 8.37. The van der Waals surface area contributed by atoms with Gasteiger partial charge in [-0.3, -0.25) is 0 Å². The minimum absolute atomic E-state index is 0.153. The molecule has 5 heteroatoms. The molecule has 1 aromatic rings. The van der Waals surface area contributed by atoms with Crippen LogP contribution in [-0.2, 0) is 4.74 Å². The number of ether oxygens (including phenoxy) is 1. The molecule has 0 unspecified atom stereocenters. The van der Waals surface area contributed by atoms with Gasteiger partial charge in [-0.2, -0.15) is 0 Å². The SMILES string of the molecule is COCC1(CNc2cc(C3CC(O)C3)nc(C)n2)CCCC1. The molecule has 1 heterocycles. The Kier molecular flexibility index (Phi) is 4.64. The van der Waals surface area contributed by atoms with Gasteiger partial charge in [-0.1, -0.05) is 12.8 Å². The van der Waals surface area contributed by atoms with Crippen molar-refractivity contribution >= 4 is 5.82 Å². The van der Waals surface area contributed by atoms with E-state index >= 15 is 0 Å². The highest BCUT2D eigenvalue weighted by molar-refractivity contribution is 5.38. The number of hydrogen-bond donors (Lipinski definition) is 2. The second-order valence-corrected chi connectivity index (χ2v) is 7.04.